The second kappa shape index (κ2) is 10.1. The normalized spacial score (nSPS) is 10.0. The van der Waals surface area contributed by atoms with Gasteiger partial charge in [-0.05, 0) is 29.8 Å². The van der Waals surface area contributed by atoms with Crippen LogP contribution in [0.15, 0.2) is 66.3 Å². The molecule has 0 aliphatic carbocycles. The standard InChI is InChI=1S/C23H17N5O2S/c1-2-11-30-16-8-6-15(7-9-16)21-17(12-24)22(26)28-23(18(21)13-25)31-14-20(29)19-5-3-4-10-27-19/h2-10H,1,11,14H2,(H2,26,28). The summed E-state index contributed by atoms with van der Waals surface area (Å²) in [5.74, 6) is 0.441. The number of hydrogen-bond acceptors (Lipinski definition) is 8. The van der Waals surface area contributed by atoms with Crippen LogP contribution in [0.2, 0.25) is 0 Å². The summed E-state index contributed by atoms with van der Waals surface area (Å²) in [6.45, 7) is 3.97. The van der Waals surface area contributed by atoms with Gasteiger partial charge in [0, 0.05) is 11.8 Å². The number of nitriles is 2. The number of ether oxygens (including phenoxy) is 1. The Hall–Kier alpha value is -4.14. The summed E-state index contributed by atoms with van der Waals surface area (Å²) >= 11 is 1.08. The molecule has 0 atom stereocenters. The highest BCUT2D eigenvalue weighted by atomic mass is 32.2. The maximum Gasteiger partial charge on any atom is 0.191 e. The first-order valence-electron chi connectivity index (χ1n) is 9.13. The first kappa shape index (κ1) is 21.6. The number of pyridine rings is 2. The quantitative estimate of drug-likeness (QED) is 0.325. The molecule has 1 aromatic carbocycles. The van der Waals surface area contributed by atoms with Crippen molar-refractivity contribution in [2.24, 2.45) is 0 Å². The Morgan fingerprint density at radius 3 is 2.52 bits per heavy atom. The van der Waals surface area contributed by atoms with Crippen LogP contribution in [0.4, 0.5) is 5.82 Å². The highest BCUT2D eigenvalue weighted by Crippen LogP contribution is 2.36. The minimum atomic E-state index is -0.204. The van der Waals surface area contributed by atoms with E-state index in [0.29, 0.717) is 29.2 Å². The lowest BCUT2D eigenvalue weighted by Crippen LogP contribution is -2.07. The number of anilines is 1. The van der Waals surface area contributed by atoms with Crippen molar-refractivity contribution in [1.82, 2.24) is 9.97 Å². The highest BCUT2D eigenvalue weighted by Gasteiger charge is 2.21. The fourth-order valence-electron chi connectivity index (χ4n) is 2.80. The molecule has 0 aliphatic rings. The summed E-state index contributed by atoms with van der Waals surface area (Å²) in [6, 6.07) is 16.2. The Balaban J connectivity index is 1.98. The van der Waals surface area contributed by atoms with Gasteiger partial charge in [-0.3, -0.25) is 9.78 Å². The second-order valence-corrected chi connectivity index (χ2v) is 7.17. The molecule has 0 spiro atoms. The van der Waals surface area contributed by atoms with E-state index in [9.17, 15) is 15.3 Å². The number of hydrogen-bond donors (Lipinski definition) is 1. The minimum Gasteiger partial charge on any atom is -0.490 e. The predicted octanol–water partition coefficient (Wildman–Crippen LogP) is 4.01. The number of carbonyl (C=O) groups is 1. The van der Waals surface area contributed by atoms with Crippen molar-refractivity contribution in [2.45, 2.75) is 5.03 Å². The van der Waals surface area contributed by atoms with Crippen molar-refractivity contribution in [3.05, 3.63) is 78.1 Å². The van der Waals surface area contributed by atoms with Crippen LogP contribution in [0.3, 0.4) is 0 Å². The maximum atomic E-state index is 12.4. The van der Waals surface area contributed by atoms with E-state index in [1.54, 1.807) is 48.5 Å². The molecule has 0 unspecified atom stereocenters. The van der Waals surface area contributed by atoms with Gasteiger partial charge in [0.25, 0.3) is 0 Å². The van der Waals surface area contributed by atoms with E-state index in [0.717, 1.165) is 11.8 Å². The van der Waals surface area contributed by atoms with E-state index in [2.05, 4.69) is 22.6 Å². The summed E-state index contributed by atoms with van der Waals surface area (Å²) in [7, 11) is 0. The molecular weight excluding hydrogens is 410 g/mol. The fourth-order valence-corrected chi connectivity index (χ4v) is 3.67. The lowest BCUT2D eigenvalue weighted by molar-refractivity contribution is 0.101. The lowest BCUT2D eigenvalue weighted by atomic mass is 9.97. The summed E-state index contributed by atoms with van der Waals surface area (Å²) in [6.07, 6.45) is 3.17. The molecule has 2 heterocycles. The van der Waals surface area contributed by atoms with E-state index < -0.39 is 0 Å². The average molecular weight is 427 g/mol. The largest absolute Gasteiger partial charge is 0.490 e. The van der Waals surface area contributed by atoms with Gasteiger partial charge in [0.15, 0.2) is 5.78 Å². The lowest BCUT2D eigenvalue weighted by Gasteiger charge is -2.13. The monoisotopic (exact) mass is 427 g/mol. The number of nitrogens with two attached hydrogens (primary N) is 1. The van der Waals surface area contributed by atoms with Gasteiger partial charge in [-0.1, -0.05) is 42.6 Å². The number of rotatable bonds is 8. The molecule has 152 valence electrons. The summed E-state index contributed by atoms with van der Waals surface area (Å²) < 4.78 is 5.48. The average Bonchev–Trinajstić information content (AvgIpc) is 2.81. The van der Waals surface area contributed by atoms with Gasteiger partial charge in [0.1, 0.15) is 46.6 Å². The van der Waals surface area contributed by atoms with Gasteiger partial charge < -0.3 is 10.5 Å². The molecule has 7 nitrogen and oxygen atoms in total. The van der Waals surface area contributed by atoms with E-state index >= 15 is 0 Å². The zero-order valence-electron chi connectivity index (χ0n) is 16.4. The summed E-state index contributed by atoms with van der Waals surface area (Å²) in [4.78, 5) is 20.7. The summed E-state index contributed by atoms with van der Waals surface area (Å²) in [5.41, 5.74) is 7.63. The Kier molecular flexibility index (Phi) is 7.00. The molecule has 3 aromatic rings. The first-order chi connectivity index (χ1) is 15.1. The Labute approximate surface area is 183 Å². The van der Waals surface area contributed by atoms with Crippen LogP contribution < -0.4 is 10.5 Å². The van der Waals surface area contributed by atoms with Gasteiger partial charge >= 0.3 is 0 Å². The third kappa shape index (κ3) is 4.89. The molecule has 0 aliphatic heterocycles. The maximum absolute atomic E-state index is 12.4. The summed E-state index contributed by atoms with van der Waals surface area (Å²) in [5, 5.41) is 19.7. The van der Waals surface area contributed by atoms with E-state index in [1.807, 2.05) is 6.07 Å². The number of carbonyl (C=O) groups excluding carboxylic acids is 1. The number of nitrogen functional groups attached to an aromatic ring is 1. The molecule has 2 N–H and O–H groups in total. The number of aromatic nitrogens is 2. The van der Waals surface area contributed by atoms with Crippen LogP contribution >= 0.6 is 11.8 Å². The van der Waals surface area contributed by atoms with Gasteiger partial charge in [-0.25, -0.2) is 4.98 Å². The first-order valence-corrected chi connectivity index (χ1v) is 10.1. The van der Waals surface area contributed by atoms with Crippen molar-refractivity contribution in [3.8, 4) is 29.0 Å². The van der Waals surface area contributed by atoms with Crippen molar-refractivity contribution < 1.29 is 9.53 Å². The molecule has 0 bridgehead atoms. The number of thioether (sulfide) groups is 1. The van der Waals surface area contributed by atoms with Crippen LogP contribution in [-0.4, -0.2) is 28.1 Å². The smallest absolute Gasteiger partial charge is 0.191 e. The van der Waals surface area contributed by atoms with Gasteiger partial charge in [-0.15, -0.1) is 0 Å². The molecule has 0 fully saturated rings. The molecule has 31 heavy (non-hydrogen) atoms. The zero-order chi connectivity index (χ0) is 22.2. The Morgan fingerprint density at radius 2 is 1.90 bits per heavy atom. The molecule has 0 amide bonds. The number of ketones is 1. The number of nitrogens with zero attached hydrogens (tertiary/aromatic N) is 4. The van der Waals surface area contributed by atoms with E-state index in [4.69, 9.17) is 10.5 Å². The van der Waals surface area contributed by atoms with Crippen LogP contribution in [0, 0.1) is 22.7 Å². The minimum absolute atomic E-state index is 0.00345. The van der Waals surface area contributed by atoms with Crippen LogP contribution in [0.1, 0.15) is 21.6 Å². The third-order valence-electron chi connectivity index (χ3n) is 4.22. The third-order valence-corrected chi connectivity index (χ3v) is 5.19. The van der Waals surface area contributed by atoms with E-state index in [1.165, 1.54) is 6.20 Å². The molecule has 8 heteroatoms. The zero-order valence-corrected chi connectivity index (χ0v) is 17.2. The van der Waals surface area contributed by atoms with Crippen LogP contribution in [0.25, 0.3) is 11.1 Å². The highest BCUT2D eigenvalue weighted by molar-refractivity contribution is 8.00. The van der Waals surface area contributed by atoms with Gasteiger partial charge in [-0.2, -0.15) is 10.5 Å². The predicted molar refractivity (Wildman–Crippen MR) is 118 cm³/mol. The number of Topliss-reactive ketones (excluding diaryl/α,β-unsaturated/α-hetero) is 1. The van der Waals surface area contributed by atoms with Crippen molar-refractivity contribution in [1.29, 1.82) is 10.5 Å². The SMILES string of the molecule is C=CCOc1ccc(-c2c(C#N)c(N)nc(SCC(=O)c3ccccn3)c2C#N)cc1. The van der Waals surface area contributed by atoms with Crippen molar-refractivity contribution in [2.75, 3.05) is 18.1 Å². The molecule has 0 saturated heterocycles. The van der Waals surface area contributed by atoms with Crippen LogP contribution in [0.5, 0.6) is 5.75 Å². The Bertz CT molecular complexity index is 1200. The van der Waals surface area contributed by atoms with Crippen molar-refractivity contribution >= 4 is 23.4 Å². The fraction of sp³-hybridized carbons (Fsp3) is 0.0870. The number of benzene rings is 1. The van der Waals surface area contributed by atoms with Crippen LogP contribution in [-0.2, 0) is 0 Å². The van der Waals surface area contributed by atoms with Crippen molar-refractivity contribution in [3.63, 3.8) is 0 Å². The van der Waals surface area contributed by atoms with E-state index in [-0.39, 0.29) is 33.5 Å². The second-order valence-electron chi connectivity index (χ2n) is 6.20. The molecule has 0 radical (unpaired) electrons. The topological polar surface area (TPSA) is 126 Å². The molecule has 3 rings (SSSR count). The van der Waals surface area contributed by atoms with Gasteiger partial charge in [0.05, 0.1) is 11.3 Å². The van der Waals surface area contributed by atoms with Gasteiger partial charge in [0.2, 0.25) is 0 Å². The Morgan fingerprint density at radius 1 is 1.16 bits per heavy atom. The molecule has 2 aromatic heterocycles. The molecular formula is C23H17N5O2S. The molecule has 0 saturated carbocycles.